The summed E-state index contributed by atoms with van der Waals surface area (Å²) in [6.45, 7) is 5.73. The Kier molecular flexibility index (Phi) is 5.46. The standard InChI is InChI=1S/C21H24N2O3/c1-4-23(14-15-6-9-17(25-3)10-7-15)21(24)20-12-16-8-11-18(26-5-2)13-19(16)22-20/h6-13,22H,4-5,14H2,1-3H3. The summed E-state index contributed by atoms with van der Waals surface area (Å²) in [6, 6.07) is 15.5. The van der Waals surface area contributed by atoms with Crippen LogP contribution in [0.1, 0.15) is 29.9 Å². The Morgan fingerprint density at radius 2 is 1.77 bits per heavy atom. The zero-order chi connectivity index (χ0) is 18.5. The van der Waals surface area contributed by atoms with E-state index in [2.05, 4.69) is 4.98 Å². The molecule has 0 bridgehead atoms. The first kappa shape index (κ1) is 17.9. The molecule has 26 heavy (non-hydrogen) atoms. The van der Waals surface area contributed by atoms with Gasteiger partial charge in [0.1, 0.15) is 17.2 Å². The van der Waals surface area contributed by atoms with Gasteiger partial charge < -0.3 is 19.4 Å². The molecule has 0 unspecified atom stereocenters. The maximum Gasteiger partial charge on any atom is 0.270 e. The van der Waals surface area contributed by atoms with Crippen molar-refractivity contribution < 1.29 is 14.3 Å². The molecule has 5 nitrogen and oxygen atoms in total. The number of hydrogen-bond donors (Lipinski definition) is 1. The number of benzene rings is 2. The summed E-state index contributed by atoms with van der Waals surface area (Å²) < 4.78 is 10.7. The van der Waals surface area contributed by atoms with Gasteiger partial charge in [0.2, 0.25) is 0 Å². The molecule has 1 N–H and O–H groups in total. The number of aromatic amines is 1. The van der Waals surface area contributed by atoms with E-state index in [1.807, 2.05) is 67.3 Å². The Hall–Kier alpha value is -2.95. The number of amides is 1. The van der Waals surface area contributed by atoms with Crippen LogP contribution in [0.15, 0.2) is 48.5 Å². The average molecular weight is 352 g/mol. The number of H-pyrrole nitrogens is 1. The fraction of sp³-hybridized carbons (Fsp3) is 0.286. The summed E-state index contributed by atoms with van der Waals surface area (Å²) in [5.41, 5.74) is 2.56. The van der Waals surface area contributed by atoms with Gasteiger partial charge in [-0.25, -0.2) is 0 Å². The molecule has 0 aliphatic heterocycles. The van der Waals surface area contributed by atoms with E-state index in [1.165, 1.54) is 0 Å². The number of ether oxygens (including phenoxy) is 2. The third-order valence-corrected chi connectivity index (χ3v) is 4.34. The highest BCUT2D eigenvalue weighted by Gasteiger charge is 2.17. The summed E-state index contributed by atoms with van der Waals surface area (Å²) in [6.07, 6.45) is 0. The van der Waals surface area contributed by atoms with Crippen molar-refractivity contribution in [3.63, 3.8) is 0 Å². The van der Waals surface area contributed by atoms with E-state index < -0.39 is 0 Å². The molecule has 0 spiro atoms. The van der Waals surface area contributed by atoms with E-state index in [0.29, 0.717) is 25.4 Å². The summed E-state index contributed by atoms with van der Waals surface area (Å²) >= 11 is 0. The Bertz CT molecular complexity index is 884. The van der Waals surface area contributed by atoms with Gasteiger partial charge in [0, 0.05) is 30.1 Å². The Morgan fingerprint density at radius 3 is 2.42 bits per heavy atom. The van der Waals surface area contributed by atoms with E-state index in [4.69, 9.17) is 9.47 Å². The highest BCUT2D eigenvalue weighted by molar-refractivity contribution is 5.98. The topological polar surface area (TPSA) is 54.6 Å². The molecule has 1 aromatic heterocycles. The zero-order valence-corrected chi connectivity index (χ0v) is 15.4. The number of carbonyl (C=O) groups excluding carboxylic acids is 1. The lowest BCUT2D eigenvalue weighted by Crippen LogP contribution is -2.30. The SMILES string of the molecule is CCOc1ccc2cc(C(=O)N(CC)Cc3ccc(OC)cc3)[nH]c2c1. The molecule has 0 aliphatic rings. The summed E-state index contributed by atoms with van der Waals surface area (Å²) in [5.74, 6) is 1.59. The molecule has 0 radical (unpaired) electrons. The van der Waals surface area contributed by atoms with Crippen LogP contribution in [0.4, 0.5) is 0 Å². The quantitative estimate of drug-likeness (QED) is 0.692. The van der Waals surface area contributed by atoms with Gasteiger partial charge in [-0.3, -0.25) is 4.79 Å². The van der Waals surface area contributed by atoms with Crippen LogP contribution in [0.2, 0.25) is 0 Å². The maximum atomic E-state index is 12.9. The summed E-state index contributed by atoms with van der Waals surface area (Å²) in [7, 11) is 1.64. The van der Waals surface area contributed by atoms with Crippen molar-refractivity contribution in [2.75, 3.05) is 20.3 Å². The van der Waals surface area contributed by atoms with Gasteiger partial charge in [-0.15, -0.1) is 0 Å². The molecule has 2 aromatic carbocycles. The highest BCUT2D eigenvalue weighted by Crippen LogP contribution is 2.23. The van der Waals surface area contributed by atoms with Crippen LogP contribution in [-0.2, 0) is 6.54 Å². The highest BCUT2D eigenvalue weighted by atomic mass is 16.5. The number of nitrogens with zero attached hydrogens (tertiary/aromatic N) is 1. The van der Waals surface area contributed by atoms with E-state index >= 15 is 0 Å². The molecule has 0 saturated heterocycles. The van der Waals surface area contributed by atoms with E-state index in [0.717, 1.165) is 28.0 Å². The molecule has 0 fully saturated rings. The van der Waals surface area contributed by atoms with Gasteiger partial charge in [-0.05, 0) is 49.7 Å². The van der Waals surface area contributed by atoms with Gasteiger partial charge >= 0.3 is 0 Å². The lowest BCUT2D eigenvalue weighted by Gasteiger charge is -2.20. The minimum absolute atomic E-state index is 0.0162. The van der Waals surface area contributed by atoms with E-state index in [-0.39, 0.29) is 5.91 Å². The Labute approximate surface area is 153 Å². The molecule has 1 amide bonds. The number of fused-ring (bicyclic) bond motifs is 1. The normalized spacial score (nSPS) is 10.7. The van der Waals surface area contributed by atoms with Crippen molar-refractivity contribution in [2.45, 2.75) is 20.4 Å². The monoisotopic (exact) mass is 352 g/mol. The van der Waals surface area contributed by atoms with Crippen molar-refractivity contribution in [1.29, 1.82) is 0 Å². The van der Waals surface area contributed by atoms with Crippen LogP contribution in [0.5, 0.6) is 11.5 Å². The molecule has 136 valence electrons. The van der Waals surface area contributed by atoms with Crippen molar-refractivity contribution in [3.8, 4) is 11.5 Å². The second-order valence-electron chi connectivity index (χ2n) is 6.03. The third-order valence-electron chi connectivity index (χ3n) is 4.34. The second-order valence-corrected chi connectivity index (χ2v) is 6.03. The van der Waals surface area contributed by atoms with Gasteiger partial charge in [-0.2, -0.15) is 0 Å². The van der Waals surface area contributed by atoms with Crippen molar-refractivity contribution in [1.82, 2.24) is 9.88 Å². The third kappa shape index (κ3) is 3.82. The molecule has 0 atom stereocenters. The first-order valence-corrected chi connectivity index (χ1v) is 8.82. The second kappa shape index (κ2) is 7.95. The lowest BCUT2D eigenvalue weighted by molar-refractivity contribution is 0.0747. The smallest absolute Gasteiger partial charge is 0.270 e. The predicted molar refractivity (Wildman–Crippen MR) is 103 cm³/mol. The molecule has 5 heteroatoms. The van der Waals surface area contributed by atoms with Crippen molar-refractivity contribution in [2.24, 2.45) is 0 Å². The van der Waals surface area contributed by atoms with Crippen LogP contribution in [-0.4, -0.2) is 36.1 Å². The van der Waals surface area contributed by atoms with Gasteiger partial charge in [0.25, 0.3) is 5.91 Å². The maximum absolute atomic E-state index is 12.9. The summed E-state index contributed by atoms with van der Waals surface area (Å²) in [4.78, 5) is 18.0. The fourth-order valence-corrected chi connectivity index (χ4v) is 2.93. The number of aromatic nitrogens is 1. The molecule has 0 saturated carbocycles. The van der Waals surface area contributed by atoms with Crippen molar-refractivity contribution in [3.05, 3.63) is 59.8 Å². The van der Waals surface area contributed by atoms with Crippen LogP contribution in [0.3, 0.4) is 0 Å². The first-order chi connectivity index (χ1) is 12.6. The van der Waals surface area contributed by atoms with Crippen LogP contribution < -0.4 is 9.47 Å². The number of nitrogens with one attached hydrogen (secondary N) is 1. The molecule has 3 aromatic rings. The number of rotatable bonds is 7. The Morgan fingerprint density at radius 1 is 1.04 bits per heavy atom. The summed E-state index contributed by atoms with van der Waals surface area (Å²) in [5, 5.41) is 0.998. The fourth-order valence-electron chi connectivity index (χ4n) is 2.93. The van der Waals surface area contributed by atoms with Gasteiger partial charge in [0.05, 0.1) is 13.7 Å². The van der Waals surface area contributed by atoms with Crippen LogP contribution in [0, 0.1) is 0 Å². The largest absolute Gasteiger partial charge is 0.497 e. The van der Waals surface area contributed by atoms with Crippen LogP contribution in [0.25, 0.3) is 10.9 Å². The molecule has 3 rings (SSSR count). The molecule has 0 aliphatic carbocycles. The number of hydrogen-bond acceptors (Lipinski definition) is 3. The Balaban J connectivity index is 1.79. The van der Waals surface area contributed by atoms with Gasteiger partial charge in [-0.1, -0.05) is 12.1 Å². The number of methoxy groups -OCH3 is 1. The minimum atomic E-state index is -0.0162. The molecule has 1 heterocycles. The van der Waals surface area contributed by atoms with Crippen molar-refractivity contribution >= 4 is 16.8 Å². The van der Waals surface area contributed by atoms with E-state index in [1.54, 1.807) is 7.11 Å². The average Bonchev–Trinajstić information content (AvgIpc) is 3.09. The van der Waals surface area contributed by atoms with Gasteiger partial charge in [0.15, 0.2) is 0 Å². The lowest BCUT2D eigenvalue weighted by atomic mass is 10.2. The minimum Gasteiger partial charge on any atom is -0.497 e. The van der Waals surface area contributed by atoms with E-state index in [9.17, 15) is 4.79 Å². The van der Waals surface area contributed by atoms with Crippen LogP contribution >= 0.6 is 0 Å². The zero-order valence-electron chi connectivity index (χ0n) is 15.4. The first-order valence-electron chi connectivity index (χ1n) is 8.82. The molecular formula is C21H24N2O3. The molecular weight excluding hydrogens is 328 g/mol. The predicted octanol–water partition coefficient (Wildman–Crippen LogP) is 4.24. The number of carbonyl (C=O) groups is 1.